The summed E-state index contributed by atoms with van der Waals surface area (Å²) in [6.07, 6.45) is 2.52. The van der Waals surface area contributed by atoms with E-state index in [4.69, 9.17) is 0 Å². The number of aryl methyl sites for hydroxylation is 1. The van der Waals surface area contributed by atoms with Crippen LogP contribution in [0.4, 0.5) is 0 Å². The number of nitrogens with one attached hydrogen (secondary N) is 2. The Morgan fingerprint density at radius 1 is 1.21 bits per heavy atom. The molecule has 3 N–H and O–H groups in total. The number of hydrogen-bond acceptors (Lipinski definition) is 4. The predicted octanol–water partition coefficient (Wildman–Crippen LogP) is 1.91. The highest BCUT2D eigenvalue weighted by molar-refractivity contribution is 5.97. The summed E-state index contributed by atoms with van der Waals surface area (Å²) in [6.45, 7) is 0.194. The van der Waals surface area contributed by atoms with E-state index in [0.717, 1.165) is 24.0 Å². The van der Waals surface area contributed by atoms with Crippen molar-refractivity contribution in [2.75, 3.05) is 6.54 Å². The second-order valence-corrected chi connectivity index (χ2v) is 6.25. The van der Waals surface area contributed by atoms with E-state index in [2.05, 4.69) is 20.7 Å². The summed E-state index contributed by atoms with van der Waals surface area (Å²) >= 11 is 0. The fraction of sp³-hybridized carbons (Fsp3) is 0.278. The van der Waals surface area contributed by atoms with Crippen LogP contribution in [0.5, 0.6) is 0 Å². The van der Waals surface area contributed by atoms with E-state index < -0.39 is 5.60 Å². The third-order valence-corrected chi connectivity index (χ3v) is 4.68. The van der Waals surface area contributed by atoms with Gasteiger partial charge in [-0.1, -0.05) is 24.3 Å². The number of rotatable bonds is 3. The van der Waals surface area contributed by atoms with Gasteiger partial charge < -0.3 is 10.4 Å². The van der Waals surface area contributed by atoms with E-state index in [9.17, 15) is 9.90 Å². The summed E-state index contributed by atoms with van der Waals surface area (Å²) in [7, 11) is 0. The first kappa shape index (κ1) is 14.8. The first-order valence-corrected chi connectivity index (χ1v) is 8.05. The molecule has 1 atom stereocenters. The van der Waals surface area contributed by atoms with E-state index >= 15 is 0 Å². The molecule has 1 unspecified atom stereocenters. The molecule has 0 saturated heterocycles. The number of H-pyrrole nitrogens is 1. The Morgan fingerprint density at radius 2 is 2.04 bits per heavy atom. The highest BCUT2D eigenvalue weighted by atomic mass is 16.3. The van der Waals surface area contributed by atoms with Crippen LogP contribution in [-0.4, -0.2) is 33.0 Å². The molecule has 0 fully saturated rings. The molecule has 24 heavy (non-hydrogen) atoms. The lowest BCUT2D eigenvalue weighted by Gasteiger charge is -2.34. The first-order valence-electron chi connectivity index (χ1n) is 8.05. The minimum Gasteiger partial charge on any atom is -0.383 e. The van der Waals surface area contributed by atoms with Crippen molar-refractivity contribution in [2.24, 2.45) is 0 Å². The zero-order valence-electron chi connectivity index (χ0n) is 13.1. The number of carbonyl (C=O) groups is 1. The molecule has 1 aromatic heterocycles. The predicted molar refractivity (Wildman–Crippen MR) is 89.5 cm³/mol. The minimum absolute atomic E-state index is 0.194. The lowest BCUT2D eigenvalue weighted by molar-refractivity contribution is 0.0189. The number of carbonyl (C=O) groups excluding carboxylic acids is 1. The Labute approximate surface area is 138 Å². The molecule has 0 bridgehead atoms. The van der Waals surface area contributed by atoms with Crippen molar-refractivity contribution >= 4 is 16.9 Å². The monoisotopic (exact) mass is 322 g/mol. The quantitative estimate of drug-likeness (QED) is 0.687. The fourth-order valence-electron chi connectivity index (χ4n) is 3.39. The van der Waals surface area contributed by atoms with Gasteiger partial charge in [-0.25, -0.2) is 0 Å². The molecule has 1 aliphatic carbocycles. The van der Waals surface area contributed by atoms with E-state index in [1.165, 1.54) is 0 Å². The molecule has 2 aromatic carbocycles. The second kappa shape index (κ2) is 5.72. The first-order chi connectivity index (χ1) is 11.7. The Morgan fingerprint density at radius 3 is 2.96 bits per heavy atom. The van der Waals surface area contributed by atoms with Crippen LogP contribution < -0.4 is 5.32 Å². The Balaban J connectivity index is 1.53. The normalized spacial score (nSPS) is 19.9. The van der Waals surface area contributed by atoms with Gasteiger partial charge in [0.1, 0.15) is 16.6 Å². The number of benzene rings is 2. The zero-order valence-corrected chi connectivity index (χ0v) is 13.1. The Bertz CT molecular complexity index is 905. The van der Waals surface area contributed by atoms with Gasteiger partial charge in [0.05, 0.1) is 6.54 Å². The number of nitrogens with zero attached hydrogens (tertiary/aromatic N) is 2. The van der Waals surface area contributed by atoms with Crippen LogP contribution in [0.25, 0.3) is 11.0 Å². The molecule has 122 valence electrons. The van der Waals surface area contributed by atoms with Gasteiger partial charge in [0.25, 0.3) is 5.91 Å². The largest absolute Gasteiger partial charge is 0.383 e. The molecule has 0 spiro atoms. The summed E-state index contributed by atoms with van der Waals surface area (Å²) in [5.74, 6) is -0.226. The molecule has 1 amide bonds. The molecule has 3 aromatic rings. The number of aliphatic hydroxyl groups is 1. The third-order valence-electron chi connectivity index (χ3n) is 4.68. The van der Waals surface area contributed by atoms with Crippen LogP contribution in [0.1, 0.15) is 34.3 Å². The van der Waals surface area contributed by atoms with Gasteiger partial charge >= 0.3 is 0 Å². The lowest BCUT2D eigenvalue weighted by Crippen LogP contribution is -2.43. The summed E-state index contributed by atoms with van der Waals surface area (Å²) < 4.78 is 0. The molecule has 0 saturated carbocycles. The van der Waals surface area contributed by atoms with E-state index in [1.807, 2.05) is 24.3 Å². The minimum atomic E-state index is -1.01. The molecular formula is C18H18N4O2. The zero-order chi connectivity index (χ0) is 16.6. The smallest absolute Gasteiger partial charge is 0.251 e. The average molecular weight is 322 g/mol. The highest BCUT2D eigenvalue weighted by Gasteiger charge is 2.34. The van der Waals surface area contributed by atoms with Gasteiger partial charge in [-0.2, -0.15) is 15.4 Å². The molecule has 1 heterocycles. The van der Waals surface area contributed by atoms with Gasteiger partial charge in [-0.3, -0.25) is 4.79 Å². The summed E-state index contributed by atoms with van der Waals surface area (Å²) in [5, 5.41) is 24.4. The average Bonchev–Trinajstić information content (AvgIpc) is 3.08. The van der Waals surface area contributed by atoms with Crippen LogP contribution in [0.2, 0.25) is 0 Å². The van der Waals surface area contributed by atoms with Crippen LogP contribution in [0.15, 0.2) is 42.5 Å². The van der Waals surface area contributed by atoms with Gasteiger partial charge in [-0.15, -0.1) is 0 Å². The van der Waals surface area contributed by atoms with Gasteiger partial charge in [0.2, 0.25) is 0 Å². The van der Waals surface area contributed by atoms with Crippen molar-refractivity contribution in [3.8, 4) is 0 Å². The number of amides is 1. The van der Waals surface area contributed by atoms with Gasteiger partial charge in [0, 0.05) is 5.56 Å². The number of fused-ring (bicyclic) bond motifs is 2. The maximum absolute atomic E-state index is 12.4. The molecule has 6 nitrogen and oxygen atoms in total. The Kier molecular flexibility index (Phi) is 3.54. The lowest BCUT2D eigenvalue weighted by atomic mass is 9.79. The van der Waals surface area contributed by atoms with Gasteiger partial charge in [0.15, 0.2) is 0 Å². The van der Waals surface area contributed by atoms with Crippen molar-refractivity contribution in [2.45, 2.75) is 24.9 Å². The van der Waals surface area contributed by atoms with E-state index in [1.54, 1.807) is 18.2 Å². The van der Waals surface area contributed by atoms with Crippen LogP contribution in [-0.2, 0) is 12.0 Å². The SMILES string of the molecule is O=C(NCC1(O)CCCc2ccccc21)c1ccc2n[nH]nc2c1. The fourth-order valence-corrected chi connectivity index (χ4v) is 3.39. The molecule has 6 heteroatoms. The van der Waals surface area contributed by atoms with Crippen LogP contribution in [0, 0.1) is 0 Å². The summed E-state index contributed by atoms with van der Waals surface area (Å²) in [4.78, 5) is 12.4. The van der Waals surface area contributed by atoms with Crippen LogP contribution >= 0.6 is 0 Å². The Hall–Kier alpha value is -2.73. The standard InChI is InChI=1S/C18H18N4O2/c23-17(13-7-8-15-16(10-13)21-22-20-15)19-11-18(24)9-3-5-12-4-1-2-6-14(12)18/h1-2,4,6-8,10,24H,3,5,9,11H2,(H,19,23)(H,20,21,22). The van der Waals surface area contributed by atoms with Crippen molar-refractivity contribution in [1.29, 1.82) is 0 Å². The molecule has 0 aliphatic heterocycles. The number of aromatic nitrogens is 3. The molecule has 1 aliphatic rings. The van der Waals surface area contributed by atoms with Gasteiger partial charge in [-0.05, 0) is 48.6 Å². The van der Waals surface area contributed by atoms with E-state index in [-0.39, 0.29) is 12.5 Å². The van der Waals surface area contributed by atoms with Crippen molar-refractivity contribution in [3.63, 3.8) is 0 Å². The topological polar surface area (TPSA) is 90.9 Å². The second-order valence-electron chi connectivity index (χ2n) is 6.25. The van der Waals surface area contributed by atoms with Crippen molar-refractivity contribution in [1.82, 2.24) is 20.7 Å². The van der Waals surface area contributed by atoms with Crippen LogP contribution in [0.3, 0.4) is 0 Å². The maximum atomic E-state index is 12.4. The van der Waals surface area contributed by atoms with Crippen molar-refractivity contribution < 1.29 is 9.90 Å². The van der Waals surface area contributed by atoms with Crippen molar-refractivity contribution in [3.05, 3.63) is 59.2 Å². The highest BCUT2D eigenvalue weighted by Crippen LogP contribution is 2.34. The van der Waals surface area contributed by atoms with E-state index in [0.29, 0.717) is 23.0 Å². The summed E-state index contributed by atoms with van der Waals surface area (Å²) in [5.41, 5.74) is 2.93. The number of aromatic amines is 1. The molecule has 0 radical (unpaired) electrons. The third kappa shape index (κ3) is 2.55. The molecular weight excluding hydrogens is 304 g/mol. The maximum Gasteiger partial charge on any atom is 0.251 e. The number of hydrogen-bond donors (Lipinski definition) is 3. The molecule has 4 rings (SSSR count). The summed E-state index contributed by atoms with van der Waals surface area (Å²) in [6, 6.07) is 13.0.